The summed E-state index contributed by atoms with van der Waals surface area (Å²) < 4.78 is 0. The van der Waals surface area contributed by atoms with Gasteiger partial charge in [-0.25, -0.2) is 0 Å². The average molecular weight is 386 g/mol. The number of carbonyl (C=O) groups is 3. The highest BCUT2D eigenvalue weighted by Gasteiger charge is 2.35. The molecular weight excluding hydrogens is 366 g/mol. The molecular formula is C20H20ClN3O3. The van der Waals surface area contributed by atoms with E-state index in [1.807, 2.05) is 13.0 Å². The van der Waals surface area contributed by atoms with Gasteiger partial charge in [-0.2, -0.15) is 0 Å². The van der Waals surface area contributed by atoms with Gasteiger partial charge in [-0.05, 0) is 42.8 Å². The van der Waals surface area contributed by atoms with E-state index < -0.39 is 5.92 Å². The summed E-state index contributed by atoms with van der Waals surface area (Å²) in [5.74, 6) is -1.04. The van der Waals surface area contributed by atoms with Gasteiger partial charge in [0.2, 0.25) is 17.7 Å². The quantitative estimate of drug-likeness (QED) is 0.844. The van der Waals surface area contributed by atoms with Gasteiger partial charge in [0.05, 0.1) is 16.6 Å². The molecule has 1 aliphatic rings. The van der Waals surface area contributed by atoms with Crippen LogP contribution in [0.15, 0.2) is 42.5 Å². The normalized spacial score (nSPS) is 16.3. The van der Waals surface area contributed by atoms with E-state index in [-0.39, 0.29) is 30.7 Å². The van der Waals surface area contributed by atoms with Crippen LogP contribution >= 0.6 is 11.6 Å². The van der Waals surface area contributed by atoms with E-state index in [0.717, 1.165) is 5.56 Å². The zero-order valence-electron chi connectivity index (χ0n) is 15.1. The fourth-order valence-corrected chi connectivity index (χ4v) is 3.33. The summed E-state index contributed by atoms with van der Waals surface area (Å²) in [6, 6.07) is 12.4. The van der Waals surface area contributed by atoms with Crippen molar-refractivity contribution in [2.24, 2.45) is 5.92 Å². The third-order valence-corrected chi connectivity index (χ3v) is 4.67. The zero-order valence-corrected chi connectivity index (χ0v) is 15.8. The lowest BCUT2D eigenvalue weighted by atomic mass is 10.1. The molecule has 3 amide bonds. The smallest absolute Gasteiger partial charge is 0.229 e. The van der Waals surface area contributed by atoms with Gasteiger partial charge in [0, 0.05) is 31.3 Å². The van der Waals surface area contributed by atoms with Crippen molar-refractivity contribution in [1.82, 2.24) is 0 Å². The van der Waals surface area contributed by atoms with Gasteiger partial charge in [0.1, 0.15) is 0 Å². The summed E-state index contributed by atoms with van der Waals surface area (Å²) in [7, 11) is 0. The van der Waals surface area contributed by atoms with Crippen LogP contribution in [-0.2, 0) is 14.4 Å². The Kier molecular flexibility index (Phi) is 5.46. The molecule has 0 saturated carbocycles. The van der Waals surface area contributed by atoms with Crippen molar-refractivity contribution < 1.29 is 14.4 Å². The highest BCUT2D eigenvalue weighted by molar-refractivity contribution is 6.33. The number of halogens is 1. The van der Waals surface area contributed by atoms with E-state index in [1.54, 1.807) is 41.3 Å². The molecule has 1 saturated heterocycles. The van der Waals surface area contributed by atoms with Crippen LogP contribution in [0.4, 0.5) is 17.1 Å². The van der Waals surface area contributed by atoms with E-state index in [4.69, 9.17) is 11.6 Å². The van der Waals surface area contributed by atoms with Crippen molar-refractivity contribution >= 4 is 46.4 Å². The molecule has 0 unspecified atom stereocenters. The summed E-state index contributed by atoms with van der Waals surface area (Å²) in [6.45, 7) is 3.61. The number of anilines is 3. The topological polar surface area (TPSA) is 78.5 Å². The van der Waals surface area contributed by atoms with Gasteiger partial charge in [0.15, 0.2) is 0 Å². The summed E-state index contributed by atoms with van der Waals surface area (Å²) in [4.78, 5) is 37.8. The molecule has 1 aliphatic heterocycles. The lowest BCUT2D eigenvalue weighted by molar-refractivity contribution is -0.122. The van der Waals surface area contributed by atoms with Crippen molar-refractivity contribution in [3.8, 4) is 0 Å². The van der Waals surface area contributed by atoms with Gasteiger partial charge in [0.25, 0.3) is 0 Å². The number of rotatable bonds is 4. The first-order valence-corrected chi connectivity index (χ1v) is 8.96. The zero-order chi connectivity index (χ0) is 19.6. The van der Waals surface area contributed by atoms with Crippen LogP contribution in [0, 0.1) is 12.8 Å². The van der Waals surface area contributed by atoms with Crippen LogP contribution in [0.5, 0.6) is 0 Å². The van der Waals surface area contributed by atoms with Gasteiger partial charge >= 0.3 is 0 Å². The summed E-state index contributed by atoms with van der Waals surface area (Å²) >= 11 is 6.17. The van der Waals surface area contributed by atoms with Crippen LogP contribution in [0.3, 0.4) is 0 Å². The number of nitrogens with one attached hydrogen (secondary N) is 2. The molecule has 2 N–H and O–H groups in total. The second-order valence-electron chi connectivity index (χ2n) is 6.61. The lowest BCUT2D eigenvalue weighted by Crippen LogP contribution is -2.28. The molecule has 27 heavy (non-hydrogen) atoms. The summed E-state index contributed by atoms with van der Waals surface area (Å²) in [5.41, 5.74) is 2.78. The molecule has 0 aromatic heterocycles. The summed E-state index contributed by atoms with van der Waals surface area (Å²) in [5, 5.41) is 5.96. The maximum atomic E-state index is 12.6. The third-order valence-electron chi connectivity index (χ3n) is 4.36. The van der Waals surface area contributed by atoms with Crippen LogP contribution < -0.4 is 15.5 Å². The molecule has 2 aromatic rings. The Morgan fingerprint density at radius 2 is 1.93 bits per heavy atom. The van der Waals surface area contributed by atoms with E-state index in [9.17, 15) is 14.4 Å². The molecule has 0 bridgehead atoms. The first-order chi connectivity index (χ1) is 12.8. The Morgan fingerprint density at radius 3 is 2.63 bits per heavy atom. The minimum Gasteiger partial charge on any atom is -0.326 e. The third kappa shape index (κ3) is 4.46. The second kappa shape index (κ2) is 7.80. The number of carbonyl (C=O) groups excluding carboxylic acids is 3. The predicted octanol–water partition coefficient (Wildman–Crippen LogP) is 3.60. The lowest BCUT2D eigenvalue weighted by Gasteiger charge is -2.18. The standard InChI is InChI=1S/C20H20ClN3O3/c1-12-6-7-18(17(21)8-12)23-20(27)14-9-19(26)24(11-14)16-5-3-4-15(10-16)22-13(2)25/h3-8,10,14H,9,11H2,1-2H3,(H,22,25)(H,23,27)/t14-/m0/s1. The second-order valence-corrected chi connectivity index (χ2v) is 7.02. The Morgan fingerprint density at radius 1 is 1.15 bits per heavy atom. The maximum Gasteiger partial charge on any atom is 0.229 e. The largest absolute Gasteiger partial charge is 0.326 e. The number of amides is 3. The van der Waals surface area contributed by atoms with Crippen LogP contribution in [0.25, 0.3) is 0 Å². The fourth-order valence-electron chi connectivity index (χ4n) is 3.04. The molecule has 0 spiro atoms. The Hall–Kier alpha value is -2.86. The molecule has 1 fully saturated rings. The number of hydrogen-bond acceptors (Lipinski definition) is 3. The van der Waals surface area contributed by atoms with E-state index in [2.05, 4.69) is 10.6 Å². The van der Waals surface area contributed by atoms with Crippen LogP contribution in [0.2, 0.25) is 5.02 Å². The molecule has 7 heteroatoms. The molecule has 0 radical (unpaired) electrons. The van der Waals surface area contributed by atoms with Crippen LogP contribution in [-0.4, -0.2) is 24.3 Å². The molecule has 1 heterocycles. The molecule has 2 aromatic carbocycles. The van der Waals surface area contributed by atoms with Crippen molar-refractivity contribution in [3.05, 3.63) is 53.1 Å². The fraction of sp³-hybridized carbons (Fsp3) is 0.250. The first-order valence-electron chi connectivity index (χ1n) is 8.58. The Balaban J connectivity index is 1.71. The van der Waals surface area contributed by atoms with Gasteiger partial charge in [-0.1, -0.05) is 23.7 Å². The van der Waals surface area contributed by atoms with Crippen molar-refractivity contribution in [2.45, 2.75) is 20.3 Å². The van der Waals surface area contributed by atoms with Crippen molar-refractivity contribution in [2.75, 3.05) is 22.1 Å². The molecule has 140 valence electrons. The number of benzene rings is 2. The monoisotopic (exact) mass is 385 g/mol. The number of aryl methyl sites for hydroxylation is 1. The minimum absolute atomic E-state index is 0.125. The van der Waals surface area contributed by atoms with Gasteiger partial charge < -0.3 is 15.5 Å². The average Bonchev–Trinajstić information content (AvgIpc) is 2.99. The Labute approximate surface area is 162 Å². The van der Waals surface area contributed by atoms with Gasteiger partial charge in [-0.3, -0.25) is 14.4 Å². The van der Waals surface area contributed by atoms with Crippen molar-refractivity contribution in [1.29, 1.82) is 0 Å². The predicted molar refractivity (Wildman–Crippen MR) is 106 cm³/mol. The molecule has 1 atom stereocenters. The van der Waals surface area contributed by atoms with E-state index >= 15 is 0 Å². The number of nitrogens with zero attached hydrogens (tertiary/aromatic N) is 1. The van der Waals surface area contributed by atoms with Crippen molar-refractivity contribution in [3.63, 3.8) is 0 Å². The SMILES string of the molecule is CC(=O)Nc1cccc(N2C[C@@H](C(=O)Nc3ccc(C)cc3Cl)CC2=O)c1. The number of hydrogen-bond donors (Lipinski definition) is 2. The minimum atomic E-state index is -0.473. The molecule has 6 nitrogen and oxygen atoms in total. The first kappa shape index (κ1) is 18.9. The molecule has 3 rings (SSSR count). The maximum absolute atomic E-state index is 12.6. The van der Waals surface area contributed by atoms with Gasteiger partial charge in [-0.15, -0.1) is 0 Å². The van der Waals surface area contributed by atoms with E-state index in [1.165, 1.54) is 6.92 Å². The van der Waals surface area contributed by atoms with E-state index in [0.29, 0.717) is 22.1 Å². The highest BCUT2D eigenvalue weighted by Crippen LogP contribution is 2.29. The highest BCUT2D eigenvalue weighted by atomic mass is 35.5. The summed E-state index contributed by atoms with van der Waals surface area (Å²) in [6.07, 6.45) is 0.125. The Bertz CT molecular complexity index is 913. The molecule has 0 aliphatic carbocycles. The van der Waals surface area contributed by atoms with Crippen LogP contribution in [0.1, 0.15) is 18.9 Å².